The van der Waals surface area contributed by atoms with Crippen molar-refractivity contribution in [2.24, 2.45) is 0 Å². The van der Waals surface area contributed by atoms with Gasteiger partial charge in [-0.3, -0.25) is 10.1 Å². The van der Waals surface area contributed by atoms with Crippen LogP contribution in [0.4, 0.5) is 16.2 Å². The van der Waals surface area contributed by atoms with E-state index < -0.39 is 19.8 Å². The van der Waals surface area contributed by atoms with Crippen LogP contribution >= 0.6 is 0 Å². The predicted molar refractivity (Wildman–Crippen MR) is 124 cm³/mol. The number of anilines is 1. The first kappa shape index (κ1) is 25.5. The molecule has 1 atom stereocenters. The lowest BCUT2D eigenvalue weighted by Crippen LogP contribution is -2.33. The number of rotatable bonds is 8. The van der Waals surface area contributed by atoms with Gasteiger partial charge in [0.25, 0.3) is 5.69 Å². The molecule has 0 spiro atoms. The molecule has 0 saturated carbocycles. The van der Waals surface area contributed by atoms with Crippen molar-refractivity contribution < 1.29 is 14.5 Å². The molecule has 1 unspecified atom stereocenters. The molecule has 0 fully saturated rings. The van der Waals surface area contributed by atoms with Crippen LogP contribution in [0.25, 0.3) is 0 Å². The number of benzene rings is 1. The first-order chi connectivity index (χ1) is 13.8. The average molecular weight is 434 g/mol. The van der Waals surface area contributed by atoms with Crippen molar-refractivity contribution in [2.75, 3.05) is 11.9 Å². The van der Waals surface area contributed by atoms with Gasteiger partial charge >= 0.3 is 6.09 Å². The number of nitrogens with one attached hydrogen (secondary N) is 2. The average Bonchev–Trinajstić information content (AvgIpc) is 2.57. The minimum absolute atomic E-state index is 0.0278. The smallest absolute Gasteiger partial charge is 0.407 e. The van der Waals surface area contributed by atoms with Crippen molar-refractivity contribution >= 4 is 25.5 Å². The molecule has 0 saturated heterocycles. The second-order valence-corrected chi connectivity index (χ2v) is 14.2. The zero-order chi connectivity index (χ0) is 22.9. The minimum Gasteiger partial charge on any atom is -0.444 e. The van der Waals surface area contributed by atoms with E-state index in [0.29, 0.717) is 17.8 Å². The number of alkyl carbamates (subject to hydrolysis) is 1. The number of carbonyl (C=O) groups is 1. The topological polar surface area (TPSA) is 93.5 Å². The Morgan fingerprint density at radius 1 is 1.27 bits per heavy atom. The van der Waals surface area contributed by atoms with Crippen molar-refractivity contribution in [3.63, 3.8) is 0 Å². The van der Waals surface area contributed by atoms with Crippen LogP contribution in [0.15, 0.2) is 18.2 Å². The van der Waals surface area contributed by atoms with Crippen LogP contribution in [0.5, 0.6) is 0 Å². The molecule has 1 rings (SSSR count). The van der Waals surface area contributed by atoms with Gasteiger partial charge in [0, 0.05) is 18.7 Å². The zero-order valence-corrected chi connectivity index (χ0v) is 20.2. The predicted octanol–water partition coefficient (Wildman–Crippen LogP) is 5.32. The summed E-state index contributed by atoms with van der Waals surface area (Å²) in [5.74, 6) is 3.14. The number of para-hydroxylation sites is 1. The van der Waals surface area contributed by atoms with Crippen molar-refractivity contribution in [3.05, 3.63) is 33.9 Å². The Hall–Kier alpha value is -2.53. The molecule has 1 aromatic rings. The number of nitro benzene ring substituents is 1. The quantitative estimate of drug-likeness (QED) is 0.190. The molecule has 1 amide bonds. The largest absolute Gasteiger partial charge is 0.444 e. The Kier molecular flexibility index (Phi) is 9.37. The monoisotopic (exact) mass is 433 g/mol. The number of hydrogen-bond acceptors (Lipinski definition) is 5. The van der Waals surface area contributed by atoms with E-state index in [1.165, 1.54) is 6.07 Å². The molecular formula is C22H35N3O4Si. The fraction of sp³-hybridized carbons (Fsp3) is 0.591. The molecule has 30 heavy (non-hydrogen) atoms. The SMILES string of the molecule is CC(CCCCNC(=O)OC(C)(C)C)Nc1c(C#C[Si](C)(C)C)cccc1[N+](=O)[O-]. The third kappa shape index (κ3) is 10.3. The van der Waals surface area contributed by atoms with Gasteiger partial charge < -0.3 is 15.4 Å². The molecule has 2 N–H and O–H groups in total. The molecule has 8 heteroatoms. The molecule has 0 bridgehead atoms. The van der Waals surface area contributed by atoms with Gasteiger partial charge in [0.05, 0.1) is 10.5 Å². The number of unbranched alkanes of at least 4 members (excludes halogenated alkanes) is 1. The van der Waals surface area contributed by atoms with Gasteiger partial charge in [-0.2, -0.15) is 0 Å². The molecule has 0 heterocycles. The summed E-state index contributed by atoms with van der Waals surface area (Å²) in [6, 6.07) is 5.02. The van der Waals surface area contributed by atoms with Gasteiger partial charge in [-0.25, -0.2) is 4.79 Å². The van der Waals surface area contributed by atoms with Crippen molar-refractivity contribution in [3.8, 4) is 11.5 Å². The fourth-order valence-electron chi connectivity index (χ4n) is 2.60. The van der Waals surface area contributed by atoms with E-state index in [2.05, 4.69) is 41.7 Å². The van der Waals surface area contributed by atoms with Crippen LogP contribution in [-0.2, 0) is 4.74 Å². The second-order valence-electron chi connectivity index (χ2n) is 9.43. The second kappa shape index (κ2) is 11.0. The van der Waals surface area contributed by atoms with E-state index in [-0.39, 0.29) is 16.7 Å². The van der Waals surface area contributed by atoms with Gasteiger partial charge in [0.1, 0.15) is 19.4 Å². The van der Waals surface area contributed by atoms with E-state index in [9.17, 15) is 14.9 Å². The summed E-state index contributed by atoms with van der Waals surface area (Å²) >= 11 is 0. The normalized spacial score (nSPS) is 12.4. The summed E-state index contributed by atoms with van der Waals surface area (Å²) in [6.45, 7) is 14.4. The molecule has 0 radical (unpaired) electrons. The molecule has 0 aliphatic rings. The van der Waals surface area contributed by atoms with E-state index in [4.69, 9.17) is 4.74 Å². The van der Waals surface area contributed by atoms with Crippen LogP contribution < -0.4 is 10.6 Å². The fourth-order valence-corrected chi connectivity index (χ4v) is 3.11. The van der Waals surface area contributed by atoms with Crippen LogP contribution in [0, 0.1) is 21.6 Å². The van der Waals surface area contributed by atoms with E-state index >= 15 is 0 Å². The van der Waals surface area contributed by atoms with Crippen LogP contribution in [-0.4, -0.2) is 37.3 Å². The Balaban J connectivity index is 2.67. The minimum atomic E-state index is -1.61. The molecule has 0 aromatic heterocycles. The van der Waals surface area contributed by atoms with Crippen LogP contribution in [0.2, 0.25) is 19.6 Å². The Morgan fingerprint density at radius 2 is 1.93 bits per heavy atom. The van der Waals surface area contributed by atoms with E-state index in [1.54, 1.807) is 6.07 Å². The first-order valence-corrected chi connectivity index (χ1v) is 13.8. The Labute approximate surface area is 181 Å². The highest BCUT2D eigenvalue weighted by Gasteiger charge is 2.19. The third-order valence-electron chi connectivity index (χ3n) is 3.93. The van der Waals surface area contributed by atoms with Gasteiger partial charge in [0.15, 0.2) is 0 Å². The maximum absolute atomic E-state index is 11.6. The number of carbonyl (C=O) groups excluding carboxylic acids is 1. The lowest BCUT2D eigenvalue weighted by atomic mass is 10.1. The molecule has 0 aliphatic heterocycles. The van der Waals surface area contributed by atoms with E-state index in [0.717, 1.165) is 19.3 Å². The van der Waals surface area contributed by atoms with Gasteiger partial charge in [-0.1, -0.05) is 31.6 Å². The molecule has 7 nitrogen and oxygen atoms in total. The standard InChI is InChI=1S/C22H35N3O4Si/c1-17(11-8-9-15-23-21(26)29-22(2,3)4)24-20-18(14-16-30(5,6)7)12-10-13-19(20)25(27)28/h10,12-13,17,24H,8-9,11,15H2,1-7H3,(H,23,26). The number of hydrogen-bond donors (Lipinski definition) is 2. The summed E-state index contributed by atoms with van der Waals surface area (Å²) in [4.78, 5) is 22.8. The van der Waals surface area contributed by atoms with Crippen LogP contribution in [0.3, 0.4) is 0 Å². The van der Waals surface area contributed by atoms with Crippen molar-refractivity contribution in [1.29, 1.82) is 0 Å². The van der Waals surface area contributed by atoms with Gasteiger partial charge in [-0.15, -0.1) is 5.54 Å². The molecule has 1 aromatic carbocycles. The summed E-state index contributed by atoms with van der Waals surface area (Å²) in [6.07, 6.45) is 2.05. The molecule has 0 aliphatic carbocycles. The molecule has 166 valence electrons. The van der Waals surface area contributed by atoms with Gasteiger partial charge in [0.2, 0.25) is 0 Å². The zero-order valence-electron chi connectivity index (χ0n) is 19.2. The van der Waals surface area contributed by atoms with Gasteiger partial charge in [-0.05, 0) is 53.0 Å². The lowest BCUT2D eigenvalue weighted by molar-refractivity contribution is -0.384. The summed E-state index contributed by atoms with van der Waals surface area (Å²) < 4.78 is 5.20. The number of amides is 1. The molecular weight excluding hydrogens is 398 g/mol. The Morgan fingerprint density at radius 3 is 2.50 bits per heavy atom. The highest BCUT2D eigenvalue weighted by atomic mass is 28.3. The van der Waals surface area contributed by atoms with Crippen LogP contribution in [0.1, 0.15) is 52.5 Å². The lowest BCUT2D eigenvalue weighted by Gasteiger charge is -2.20. The maximum Gasteiger partial charge on any atom is 0.407 e. The first-order valence-electron chi connectivity index (χ1n) is 10.3. The summed E-state index contributed by atoms with van der Waals surface area (Å²) in [7, 11) is -1.61. The Bertz CT molecular complexity index is 801. The van der Waals surface area contributed by atoms with E-state index in [1.807, 2.05) is 33.8 Å². The summed E-state index contributed by atoms with van der Waals surface area (Å²) in [5.41, 5.74) is 3.94. The van der Waals surface area contributed by atoms with Crippen molar-refractivity contribution in [1.82, 2.24) is 5.32 Å². The number of nitro groups is 1. The van der Waals surface area contributed by atoms with Crippen molar-refractivity contribution in [2.45, 2.75) is 78.2 Å². The number of nitrogens with zero attached hydrogens (tertiary/aromatic N) is 1. The highest BCUT2D eigenvalue weighted by molar-refractivity contribution is 6.83. The maximum atomic E-state index is 11.6. The highest BCUT2D eigenvalue weighted by Crippen LogP contribution is 2.29. The number of ether oxygens (including phenoxy) is 1. The summed E-state index contributed by atoms with van der Waals surface area (Å²) in [5, 5.41) is 17.5. The third-order valence-corrected chi connectivity index (χ3v) is 4.81.